The zero-order valence-corrected chi connectivity index (χ0v) is 13.6. The van der Waals surface area contributed by atoms with Gasteiger partial charge in [0.05, 0.1) is 18.4 Å². The summed E-state index contributed by atoms with van der Waals surface area (Å²) in [4.78, 5) is 17.0. The number of halogens is 2. The smallest absolute Gasteiger partial charge is 0.270 e. The fraction of sp³-hybridized carbons (Fsp3) is 0.188. The van der Waals surface area contributed by atoms with Crippen LogP contribution in [0.5, 0.6) is 0 Å². The van der Waals surface area contributed by atoms with Crippen LogP contribution in [0.3, 0.4) is 0 Å². The first-order valence-electron chi connectivity index (χ1n) is 6.99. The number of rotatable bonds is 5. The van der Waals surface area contributed by atoms with E-state index in [1.165, 1.54) is 17.2 Å². The first kappa shape index (κ1) is 15.8. The van der Waals surface area contributed by atoms with Crippen LogP contribution in [-0.2, 0) is 6.54 Å². The SMILES string of the molecule is O=C(c1cc2occc2[nH]1)N(CCO)Cc1cc(Br)ccc1F. The van der Waals surface area contributed by atoms with Gasteiger partial charge in [-0.25, -0.2) is 4.39 Å². The Morgan fingerprint density at radius 1 is 1.35 bits per heavy atom. The molecule has 0 aliphatic heterocycles. The molecule has 1 aromatic carbocycles. The molecular formula is C16H14BrFN2O3. The molecule has 0 fully saturated rings. The number of benzene rings is 1. The van der Waals surface area contributed by atoms with Gasteiger partial charge in [0.1, 0.15) is 11.5 Å². The quantitative estimate of drug-likeness (QED) is 0.713. The molecule has 2 N–H and O–H groups in total. The Balaban J connectivity index is 1.86. The van der Waals surface area contributed by atoms with E-state index in [1.54, 1.807) is 24.3 Å². The van der Waals surface area contributed by atoms with Crippen molar-refractivity contribution in [2.45, 2.75) is 6.54 Å². The number of aromatic amines is 1. The lowest BCUT2D eigenvalue weighted by atomic mass is 10.2. The second kappa shape index (κ2) is 6.55. The third-order valence-corrected chi connectivity index (χ3v) is 3.99. The molecule has 3 rings (SSSR count). The van der Waals surface area contributed by atoms with Gasteiger partial charge in [0.2, 0.25) is 0 Å². The summed E-state index contributed by atoms with van der Waals surface area (Å²) in [5.74, 6) is -0.728. The van der Waals surface area contributed by atoms with Gasteiger partial charge in [0, 0.05) is 35.3 Å². The maximum atomic E-state index is 13.9. The van der Waals surface area contributed by atoms with Crippen LogP contribution in [0.4, 0.5) is 4.39 Å². The average molecular weight is 381 g/mol. The van der Waals surface area contributed by atoms with E-state index in [0.29, 0.717) is 22.4 Å². The van der Waals surface area contributed by atoms with Gasteiger partial charge in [-0.1, -0.05) is 15.9 Å². The van der Waals surface area contributed by atoms with E-state index in [9.17, 15) is 14.3 Å². The van der Waals surface area contributed by atoms with Crippen molar-refractivity contribution >= 4 is 32.9 Å². The Hall–Kier alpha value is -2.12. The maximum absolute atomic E-state index is 13.9. The van der Waals surface area contributed by atoms with E-state index < -0.39 is 5.82 Å². The van der Waals surface area contributed by atoms with Crippen molar-refractivity contribution in [3.63, 3.8) is 0 Å². The lowest BCUT2D eigenvalue weighted by molar-refractivity contribution is 0.0701. The highest BCUT2D eigenvalue weighted by atomic mass is 79.9. The van der Waals surface area contributed by atoms with Crippen LogP contribution >= 0.6 is 15.9 Å². The second-order valence-electron chi connectivity index (χ2n) is 5.07. The minimum absolute atomic E-state index is 0.0606. The molecule has 0 saturated carbocycles. The van der Waals surface area contributed by atoms with Crippen LogP contribution in [-0.4, -0.2) is 34.0 Å². The summed E-state index contributed by atoms with van der Waals surface area (Å²) >= 11 is 3.29. The Bertz CT molecular complexity index is 814. The number of furan rings is 1. The first-order chi connectivity index (χ1) is 11.1. The standard InChI is InChI=1S/C16H14BrFN2O3/c17-11-1-2-12(18)10(7-11)9-20(4-5-21)16(22)14-8-15-13(19-14)3-6-23-15/h1-3,6-8,19,21H,4-5,9H2. The summed E-state index contributed by atoms with van der Waals surface area (Å²) in [6.07, 6.45) is 1.53. The van der Waals surface area contributed by atoms with Crippen molar-refractivity contribution in [1.82, 2.24) is 9.88 Å². The van der Waals surface area contributed by atoms with E-state index in [-0.39, 0.29) is 25.6 Å². The number of nitrogens with zero attached hydrogens (tertiary/aromatic N) is 1. The summed E-state index contributed by atoms with van der Waals surface area (Å²) in [6.45, 7) is -0.0472. The maximum Gasteiger partial charge on any atom is 0.270 e. The number of carbonyl (C=O) groups is 1. The molecule has 23 heavy (non-hydrogen) atoms. The summed E-state index contributed by atoms with van der Waals surface area (Å²) in [5, 5.41) is 9.21. The fourth-order valence-electron chi connectivity index (χ4n) is 2.38. The number of H-pyrrole nitrogens is 1. The predicted molar refractivity (Wildman–Crippen MR) is 86.5 cm³/mol. The minimum atomic E-state index is -0.399. The monoisotopic (exact) mass is 380 g/mol. The zero-order chi connectivity index (χ0) is 16.4. The molecular weight excluding hydrogens is 367 g/mol. The topological polar surface area (TPSA) is 69.5 Å². The minimum Gasteiger partial charge on any atom is -0.463 e. The van der Waals surface area contributed by atoms with Gasteiger partial charge >= 0.3 is 0 Å². The number of aliphatic hydroxyl groups is 1. The Kier molecular flexibility index (Phi) is 4.49. The third kappa shape index (κ3) is 3.30. The van der Waals surface area contributed by atoms with Gasteiger partial charge in [-0.3, -0.25) is 4.79 Å². The van der Waals surface area contributed by atoms with Gasteiger partial charge in [-0.15, -0.1) is 0 Å². The van der Waals surface area contributed by atoms with Crippen molar-refractivity contribution in [2.24, 2.45) is 0 Å². The normalized spacial score (nSPS) is 11.1. The van der Waals surface area contributed by atoms with Crippen molar-refractivity contribution in [3.05, 3.63) is 58.1 Å². The van der Waals surface area contributed by atoms with Crippen LogP contribution in [0, 0.1) is 5.82 Å². The van der Waals surface area contributed by atoms with Crippen molar-refractivity contribution in [3.8, 4) is 0 Å². The van der Waals surface area contributed by atoms with Gasteiger partial charge in [-0.2, -0.15) is 0 Å². The van der Waals surface area contributed by atoms with Gasteiger partial charge in [0.15, 0.2) is 5.58 Å². The highest BCUT2D eigenvalue weighted by Gasteiger charge is 2.20. The zero-order valence-electron chi connectivity index (χ0n) is 12.1. The van der Waals surface area contributed by atoms with E-state index in [1.807, 2.05) is 0 Å². The van der Waals surface area contributed by atoms with Crippen LogP contribution < -0.4 is 0 Å². The Labute approximate surface area is 139 Å². The number of hydrogen-bond acceptors (Lipinski definition) is 3. The fourth-order valence-corrected chi connectivity index (χ4v) is 2.79. The van der Waals surface area contributed by atoms with E-state index in [4.69, 9.17) is 4.42 Å². The van der Waals surface area contributed by atoms with Crippen LogP contribution in [0.1, 0.15) is 16.1 Å². The highest BCUT2D eigenvalue weighted by molar-refractivity contribution is 9.10. The molecule has 7 heteroatoms. The first-order valence-corrected chi connectivity index (χ1v) is 7.78. The number of aliphatic hydroxyl groups excluding tert-OH is 1. The molecule has 3 aromatic rings. The molecule has 0 bridgehead atoms. The van der Waals surface area contributed by atoms with Crippen molar-refractivity contribution in [2.75, 3.05) is 13.2 Å². The molecule has 1 amide bonds. The van der Waals surface area contributed by atoms with E-state index in [2.05, 4.69) is 20.9 Å². The Morgan fingerprint density at radius 2 is 2.17 bits per heavy atom. The van der Waals surface area contributed by atoms with E-state index >= 15 is 0 Å². The second-order valence-corrected chi connectivity index (χ2v) is 5.98. The molecule has 2 heterocycles. The molecule has 120 valence electrons. The molecule has 5 nitrogen and oxygen atoms in total. The van der Waals surface area contributed by atoms with Crippen molar-refractivity contribution < 1.29 is 18.7 Å². The molecule has 0 atom stereocenters. The summed E-state index contributed by atoms with van der Waals surface area (Å²) in [7, 11) is 0. The summed E-state index contributed by atoms with van der Waals surface area (Å²) < 4.78 is 19.9. The molecule has 0 saturated heterocycles. The number of fused-ring (bicyclic) bond motifs is 1. The van der Waals surface area contributed by atoms with Gasteiger partial charge in [0.25, 0.3) is 5.91 Å². The largest absolute Gasteiger partial charge is 0.463 e. The Morgan fingerprint density at radius 3 is 2.91 bits per heavy atom. The number of carbonyl (C=O) groups excluding carboxylic acids is 1. The van der Waals surface area contributed by atoms with Gasteiger partial charge < -0.3 is 19.4 Å². The molecule has 0 aliphatic carbocycles. The van der Waals surface area contributed by atoms with Gasteiger partial charge in [-0.05, 0) is 18.2 Å². The number of nitrogens with one attached hydrogen (secondary N) is 1. The molecule has 0 unspecified atom stereocenters. The third-order valence-electron chi connectivity index (χ3n) is 3.50. The van der Waals surface area contributed by atoms with Crippen LogP contribution in [0.2, 0.25) is 0 Å². The average Bonchev–Trinajstić information content (AvgIpc) is 3.11. The lowest BCUT2D eigenvalue weighted by Gasteiger charge is -2.21. The summed E-state index contributed by atoms with van der Waals surface area (Å²) in [5.41, 5.74) is 2.00. The molecule has 0 radical (unpaired) electrons. The molecule has 0 aliphatic rings. The van der Waals surface area contributed by atoms with E-state index in [0.717, 1.165) is 4.47 Å². The number of amides is 1. The lowest BCUT2D eigenvalue weighted by Crippen LogP contribution is -2.33. The predicted octanol–water partition coefficient (Wildman–Crippen LogP) is 3.30. The highest BCUT2D eigenvalue weighted by Crippen LogP contribution is 2.20. The molecule has 2 aromatic heterocycles. The van der Waals surface area contributed by atoms with Crippen LogP contribution in [0.25, 0.3) is 11.1 Å². The van der Waals surface area contributed by atoms with Crippen LogP contribution in [0.15, 0.2) is 45.5 Å². The van der Waals surface area contributed by atoms with Crippen molar-refractivity contribution in [1.29, 1.82) is 0 Å². The number of aromatic nitrogens is 1. The molecule has 0 spiro atoms. The summed E-state index contributed by atoms with van der Waals surface area (Å²) in [6, 6.07) is 7.86. The number of hydrogen-bond donors (Lipinski definition) is 2.